The molecule has 2 aliphatic carbocycles. The van der Waals surface area contributed by atoms with E-state index in [4.69, 9.17) is 5.73 Å². The summed E-state index contributed by atoms with van der Waals surface area (Å²) in [5, 5.41) is 9.43. The molecule has 0 aromatic heterocycles. The minimum Gasteiger partial charge on any atom is -0.376 e. The average Bonchev–Trinajstić information content (AvgIpc) is 2.40. The smallest absolute Gasteiger partial charge is 0.118 e. The van der Waals surface area contributed by atoms with Crippen LogP contribution in [0, 0.1) is 5.92 Å². The molecule has 2 unspecified atom stereocenters. The van der Waals surface area contributed by atoms with Gasteiger partial charge >= 0.3 is 0 Å². The van der Waals surface area contributed by atoms with Gasteiger partial charge in [-0.2, -0.15) is 0 Å². The number of rotatable bonds is 0. The lowest BCUT2D eigenvalue weighted by atomic mass is 9.89. The Kier molecular flexibility index (Phi) is 0.932. The molecule has 0 heterocycles. The Balaban J connectivity index is 2.18. The molecule has 10 heavy (non-hydrogen) atoms. The molecule has 0 aromatic rings. The van der Waals surface area contributed by atoms with E-state index >= 15 is 0 Å². The van der Waals surface area contributed by atoms with Crippen LogP contribution in [0.3, 0.4) is 0 Å². The third-order valence-corrected chi connectivity index (χ3v) is 2.17. The van der Waals surface area contributed by atoms with Gasteiger partial charge in [0.1, 0.15) is 5.72 Å². The molecular formula is C8H11NO. The second kappa shape index (κ2) is 1.52. The van der Waals surface area contributed by atoms with Crippen LogP contribution in [-0.4, -0.2) is 10.8 Å². The molecule has 2 nitrogen and oxygen atoms in total. The van der Waals surface area contributed by atoms with Crippen molar-refractivity contribution in [2.75, 3.05) is 0 Å². The Bertz CT molecular complexity index is 227. The zero-order valence-corrected chi connectivity index (χ0v) is 5.80. The van der Waals surface area contributed by atoms with Crippen molar-refractivity contribution >= 4 is 0 Å². The minimum atomic E-state index is -0.988. The molecule has 2 rings (SSSR count). The molecule has 1 saturated carbocycles. The van der Waals surface area contributed by atoms with E-state index in [9.17, 15) is 5.11 Å². The quantitative estimate of drug-likeness (QED) is 0.479. The zero-order valence-electron chi connectivity index (χ0n) is 5.80. The number of aliphatic hydroxyl groups is 1. The van der Waals surface area contributed by atoms with Crippen LogP contribution >= 0.6 is 0 Å². The molecule has 3 N–H and O–H groups in total. The molecule has 0 radical (unpaired) electrons. The number of nitrogens with two attached hydrogens (primary N) is 1. The van der Waals surface area contributed by atoms with Gasteiger partial charge in [0, 0.05) is 18.8 Å². The van der Waals surface area contributed by atoms with Gasteiger partial charge in [-0.25, -0.2) is 0 Å². The standard InChI is InChI=1S/C8H11NO/c1-5-3-8(9,10)4-6-2-7(5)6/h2,6,10H,1,3-4,9H2. The summed E-state index contributed by atoms with van der Waals surface area (Å²) in [5.41, 5.74) is 6.89. The lowest BCUT2D eigenvalue weighted by molar-refractivity contribution is 0.0293. The first-order chi connectivity index (χ1) is 4.58. The van der Waals surface area contributed by atoms with Crippen molar-refractivity contribution in [1.29, 1.82) is 0 Å². The van der Waals surface area contributed by atoms with Crippen molar-refractivity contribution in [3.05, 3.63) is 23.8 Å². The summed E-state index contributed by atoms with van der Waals surface area (Å²) in [6.07, 6.45) is 3.34. The van der Waals surface area contributed by atoms with Crippen molar-refractivity contribution in [1.82, 2.24) is 0 Å². The van der Waals surface area contributed by atoms with Crippen molar-refractivity contribution in [2.45, 2.75) is 18.6 Å². The van der Waals surface area contributed by atoms with E-state index in [0.717, 1.165) is 5.57 Å². The number of hydrogen-bond donors (Lipinski definition) is 2. The first kappa shape index (κ1) is 6.13. The van der Waals surface area contributed by atoms with Gasteiger partial charge in [0.25, 0.3) is 0 Å². The topological polar surface area (TPSA) is 46.2 Å². The molecule has 2 atom stereocenters. The SMILES string of the molecule is C=C1CC(N)(O)CC2C=C12. The number of allylic oxidation sites excluding steroid dienone is 2. The fourth-order valence-corrected chi connectivity index (χ4v) is 1.64. The fraction of sp³-hybridized carbons (Fsp3) is 0.500. The Hall–Kier alpha value is -0.600. The summed E-state index contributed by atoms with van der Waals surface area (Å²) in [5.74, 6) is 0.441. The summed E-state index contributed by atoms with van der Waals surface area (Å²) in [7, 11) is 0. The normalized spacial score (nSPS) is 44.4. The number of hydrogen-bond acceptors (Lipinski definition) is 2. The zero-order chi connectivity index (χ0) is 7.35. The van der Waals surface area contributed by atoms with Crippen molar-refractivity contribution < 1.29 is 5.11 Å². The van der Waals surface area contributed by atoms with Crippen molar-refractivity contribution in [3.8, 4) is 0 Å². The Labute approximate surface area is 60.0 Å². The maximum Gasteiger partial charge on any atom is 0.118 e. The summed E-state index contributed by atoms with van der Waals surface area (Å²) in [6, 6.07) is 0. The molecular weight excluding hydrogens is 126 g/mol. The van der Waals surface area contributed by atoms with Crippen molar-refractivity contribution in [2.24, 2.45) is 11.7 Å². The molecule has 2 aliphatic rings. The van der Waals surface area contributed by atoms with Crippen LogP contribution in [0.4, 0.5) is 0 Å². The Morgan fingerprint density at radius 1 is 1.80 bits per heavy atom. The van der Waals surface area contributed by atoms with Gasteiger partial charge in [0.15, 0.2) is 0 Å². The van der Waals surface area contributed by atoms with Crippen LogP contribution in [0.25, 0.3) is 0 Å². The Morgan fingerprint density at radius 2 is 2.50 bits per heavy atom. The van der Waals surface area contributed by atoms with Crippen molar-refractivity contribution in [3.63, 3.8) is 0 Å². The third kappa shape index (κ3) is 0.805. The molecule has 54 valence electrons. The second-order valence-electron chi connectivity index (χ2n) is 3.32. The molecule has 0 bridgehead atoms. The van der Waals surface area contributed by atoms with E-state index in [1.165, 1.54) is 5.57 Å². The lowest BCUT2D eigenvalue weighted by Crippen LogP contribution is -2.42. The van der Waals surface area contributed by atoms with Crippen LogP contribution in [0.5, 0.6) is 0 Å². The van der Waals surface area contributed by atoms with Crippen LogP contribution in [-0.2, 0) is 0 Å². The van der Waals surface area contributed by atoms with Gasteiger partial charge in [-0.1, -0.05) is 12.7 Å². The highest BCUT2D eigenvalue weighted by Crippen LogP contribution is 2.46. The van der Waals surface area contributed by atoms with Gasteiger partial charge < -0.3 is 10.8 Å². The summed E-state index contributed by atoms with van der Waals surface area (Å²) < 4.78 is 0. The predicted octanol–water partition coefficient (Wildman–Crippen LogP) is 0.540. The minimum absolute atomic E-state index is 0.441. The van der Waals surface area contributed by atoms with Gasteiger partial charge in [0.05, 0.1) is 0 Å². The Morgan fingerprint density at radius 3 is 3.10 bits per heavy atom. The van der Waals surface area contributed by atoms with E-state index < -0.39 is 5.72 Å². The average molecular weight is 137 g/mol. The van der Waals surface area contributed by atoms with Crippen LogP contribution in [0.1, 0.15) is 12.8 Å². The summed E-state index contributed by atoms with van der Waals surface area (Å²) in [6.45, 7) is 3.82. The highest BCUT2D eigenvalue weighted by atomic mass is 16.3. The highest BCUT2D eigenvalue weighted by molar-refractivity contribution is 5.48. The van der Waals surface area contributed by atoms with Gasteiger partial charge in [-0.05, 0) is 11.1 Å². The lowest BCUT2D eigenvalue weighted by Gasteiger charge is -2.28. The molecule has 0 aromatic carbocycles. The van der Waals surface area contributed by atoms with E-state index in [1.807, 2.05) is 0 Å². The first-order valence-electron chi connectivity index (χ1n) is 3.50. The van der Waals surface area contributed by atoms with Crippen LogP contribution in [0.2, 0.25) is 0 Å². The van der Waals surface area contributed by atoms with E-state index in [2.05, 4.69) is 12.7 Å². The van der Waals surface area contributed by atoms with Gasteiger partial charge in [-0.15, -0.1) is 0 Å². The molecule has 2 heteroatoms. The van der Waals surface area contributed by atoms with E-state index in [-0.39, 0.29) is 0 Å². The van der Waals surface area contributed by atoms with Gasteiger partial charge in [-0.3, -0.25) is 0 Å². The maximum absolute atomic E-state index is 9.43. The predicted molar refractivity (Wildman–Crippen MR) is 39.1 cm³/mol. The first-order valence-corrected chi connectivity index (χ1v) is 3.50. The molecule has 0 saturated heterocycles. The van der Waals surface area contributed by atoms with E-state index in [1.54, 1.807) is 0 Å². The summed E-state index contributed by atoms with van der Waals surface area (Å²) >= 11 is 0. The third-order valence-electron chi connectivity index (χ3n) is 2.17. The second-order valence-corrected chi connectivity index (χ2v) is 3.32. The maximum atomic E-state index is 9.43. The molecule has 1 fully saturated rings. The fourth-order valence-electron chi connectivity index (χ4n) is 1.64. The van der Waals surface area contributed by atoms with Crippen LogP contribution in [0.15, 0.2) is 23.8 Å². The van der Waals surface area contributed by atoms with Crippen LogP contribution < -0.4 is 5.73 Å². The van der Waals surface area contributed by atoms with Gasteiger partial charge in [0.2, 0.25) is 0 Å². The molecule has 0 amide bonds. The molecule has 0 spiro atoms. The molecule has 0 aliphatic heterocycles. The summed E-state index contributed by atoms with van der Waals surface area (Å²) in [4.78, 5) is 0. The number of fused-ring (bicyclic) bond motifs is 1. The van der Waals surface area contributed by atoms with E-state index in [0.29, 0.717) is 18.8 Å². The monoisotopic (exact) mass is 137 g/mol. The highest BCUT2D eigenvalue weighted by Gasteiger charge is 2.40. The largest absolute Gasteiger partial charge is 0.376 e.